The second-order valence-electron chi connectivity index (χ2n) is 6.34. The second kappa shape index (κ2) is 7.77. The molecule has 1 saturated carbocycles. The van der Waals surface area contributed by atoms with Gasteiger partial charge in [0.1, 0.15) is 5.69 Å². The Kier molecular flexibility index (Phi) is 5.96. The van der Waals surface area contributed by atoms with Crippen LogP contribution in [0.15, 0.2) is 36.5 Å². The first-order valence-corrected chi connectivity index (χ1v) is 8.16. The van der Waals surface area contributed by atoms with Gasteiger partial charge in [0.2, 0.25) is 5.91 Å². The van der Waals surface area contributed by atoms with E-state index >= 15 is 0 Å². The number of carbonyl (C=O) groups excluding carboxylic acids is 1. The van der Waals surface area contributed by atoms with Crippen LogP contribution in [0.4, 0.5) is 0 Å². The van der Waals surface area contributed by atoms with Crippen molar-refractivity contribution in [2.75, 3.05) is 0 Å². The molecule has 24 heavy (non-hydrogen) atoms. The molecule has 0 spiro atoms. The van der Waals surface area contributed by atoms with Gasteiger partial charge in [0.25, 0.3) is 0 Å². The van der Waals surface area contributed by atoms with Crippen LogP contribution in [0, 0.1) is 0 Å². The fraction of sp³-hybridized carbons (Fsp3) is 0.471. The van der Waals surface area contributed by atoms with E-state index in [0.29, 0.717) is 0 Å². The molecule has 0 bridgehead atoms. The van der Waals surface area contributed by atoms with Crippen LogP contribution in [-0.2, 0) is 4.79 Å². The van der Waals surface area contributed by atoms with Crippen LogP contribution in [0.25, 0.3) is 5.69 Å². The molecule has 1 aliphatic rings. The number of hydrogen-bond acceptors (Lipinski definition) is 4. The summed E-state index contributed by atoms with van der Waals surface area (Å²) in [4.78, 5) is 12.5. The molecule has 0 saturated heterocycles. The maximum Gasteiger partial charge on any atom is 0.240 e. The average molecular weight is 350 g/mol. The van der Waals surface area contributed by atoms with E-state index in [-0.39, 0.29) is 24.4 Å². The van der Waals surface area contributed by atoms with Crippen molar-refractivity contribution in [3.05, 3.63) is 42.2 Å². The van der Waals surface area contributed by atoms with E-state index in [0.717, 1.165) is 43.5 Å². The third-order valence-corrected chi connectivity index (χ3v) is 4.52. The molecule has 6 nitrogen and oxygen atoms in total. The van der Waals surface area contributed by atoms with Crippen LogP contribution in [0.5, 0.6) is 0 Å². The molecular formula is C17H24ClN5O. The highest BCUT2D eigenvalue weighted by Gasteiger charge is 2.36. The number of para-hydroxylation sites is 1. The zero-order valence-electron chi connectivity index (χ0n) is 13.8. The Morgan fingerprint density at radius 1 is 1.25 bits per heavy atom. The van der Waals surface area contributed by atoms with Crippen molar-refractivity contribution in [2.24, 2.45) is 5.73 Å². The van der Waals surface area contributed by atoms with Crippen LogP contribution in [0.3, 0.4) is 0 Å². The highest BCUT2D eigenvalue weighted by atomic mass is 35.5. The standard InChI is InChI=1S/C17H23N5O.ClH/c1-13(19-16(23)17(18)10-6-3-7-11-17)15-12-22(21-20-15)14-8-4-2-5-9-14;/h2,4-5,8-9,12-13H,3,6-7,10-11,18H2,1H3,(H,19,23);1H. The number of nitrogens with one attached hydrogen (secondary N) is 1. The summed E-state index contributed by atoms with van der Waals surface area (Å²) < 4.78 is 1.71. The van der Waals surface area contributed by atoms with E-state index in [2.05, 4.69) is 15.6 Å². The number of benzene rings is 1. The summed E-state index contributed by atoms with van der Waals surface area (Å²) in [6, 6.07) is 9.54. The molecule has 3 rings (SSSR count). The Labute approximate surface area is 148 Å². The van der Waals surface area contributed by atoms with Gasteiger partial charge in [-0.05, 0) is 31.9 Å². The molecule has 1 aromatic carbocycles. The Morgan fingerprint density at radius 2 is 1.92 bits per heavy atom. The number of hydrogen-bond donors (Lipinski definition) is 2. The molecule has 0 radical (unpaired) electrons. The number of halogens is 1. The Bertz CT molecular complexity index is 667. The fourth-order valence-electron chi connectivity index (χ4n) is 3.01. The fourth-order valence-corrected chi connectivity index (χ4v) is 3.01. The molecule has 1 heterocycles. The summed E-state index contributed by atoms with van der Waals surface area (Å²) in [7, 11) is 0. The minimum absolute atomic E-state index is 0. The smallest absolute Gasteiger partial charge is 0.240 e. The summed E-state index contributed by atoms with van der Waals surface area (Å²) in [6.07, 6.45) is 6.53. The Balaban J connectivity index is 0.00000208. The molecule has 0 aliphatic heterocycles. The third kappa shape index (κ3) is 3.94. The summed E-state index contributed by atoms with van der Waals surface area (Å²) in [5.74, 6) is -0.0843. The van der Waals surface area contributed by atoms with Gasteiger partial charge < -0.3 is 11.1 Å². The van der Waals surface area contributed by atoms with Crippen LogP contribution in [-0.4, -0.2) is 26.4 Å². The van der Waals surface area contributed by atoms with Crippen LogP contribution in [0.2, 0.25) is 0 Å². The summed E-state index contributed by atoms with van der Waals surface area (Å²) in [5, 5.41) is 11.3. The van der Waals surface area contributed by atoms with Gasteiger partial charge in [0, 0.05) is 0 Å². The molecule has 1 atom stereocenters. The monoisotopic (exact) mass is 349 g/mol. The lowest BCUT2D eigenvalue weighted by molar-refractivity contribution is -0.128. The van der Waals surface area contributed by atoms with E-state index in [1.165, 1.54) is 0 Å². The molecule has 7 heteroatoms. The van der Waals surface area contributed by atoms with Crippen LogP contribution in [0.1, 0.15) is 50.8 Å². The van der Waals surface area contributed by atoms with Gasteiger partial charge in [-0.1, -0.05) is 42.7 Å². The van der Waals surface area contributed by atoms with Crippen molar-refractivity contribution in [2.45, 2.75) is 50.6 Å². The normalized spacial score (nSPS) is 17.6. The number of aromatic nitrogens is 3. The van der Waals surface area contributed by atoms with E-state index in [1.807, 2.05) is 43.5 Å². The first-order chi connectivity index (χ1) is 11.1. The number of rotatable bonds is 4. The number of amides is 1. The third-order valence-electron chi connectivity index (χ3n) is 4.52. The number of nitrogens with zero attached hydrogens (tertiary/aromatic N) is 3. The van der Waals surface area contributed by atoms with Gasteiger partial charge in [0.05, 0.1) is 23.5 Å². The molecule has 1 fully saturated rings. The zero-order valence-corrected chi connectivity index (χ0v) is 14.6. The molecule has 2 aromatic rings. The SMILES string of the molecule is CC(NC(=O)C1(N)CCCCC1)c1cn(-c2ccccc2)nn1.Cl. The largest absolute Gasteiger partial charge is 0.346 e. The van der Waals surface area contributed by atoms with Crippen molar-refractivity contribution in [3.8, 4) is 5.69 Å². The molecule has 1 aromatic heterocycles. The van der Waals surface area contributed by atoms with Crippen molar-refractivity contribution in [1.29, 1.82) is 0 Å². The number of nitrogens with two attached hydrogens (primary N) is 1. The van der Waals surface area contributed by atoms with E-state index in [9.17, 15) is 4.79 Å². The molecular weight excluding hydrogens is 326 g/mol. The van der Waals surface area contributed by atoms with E-state index < -0.39 is 5.54 Å². The van der Waals surface area contributed by atoms with Gasteiger partial charge in [-0.3, -0.25) is 4.79 Å². The lowest BCUT2D eigenvalue weighted by Gasteiger charge is -2.32. The van der Waals surface area contributed by atoms with Gasteiger partial charge in [0.15, 0.2) is 0 Å². The maximum absolute atomic E-state index is 12.5. The van der Waals surface area contributed by atoms with E-state index in [1.54, 1.807) is 4.68 Å². The van der Waals surface area contributed by atoms with E-state index in [4.69, 9.17) is 5.73 Å². The van der Waals surface area contributed by atoms with Gasteiger partial charge in [-0.15, -0.1) is 17.5 Å². The molecule has 3 N–H and O–H groups in total. The predicted octanol–water partition coefficient (Wildman–Crippen LogP) is 2.53. The maximum atomic E-state index is 12.5. The molecule has 1 amide bonds. The minimum Gasteiger partial charge on any atom is -0.346 e. The van der Waals surface area contributed by atoms with Crippen molar-refractivity contribution in [1.82, 2.24) is 20.3 Å². The Morgan fingerprint density at radius 3 is 2.58 bits per heavy atom. The highest BCUT2D eigenvalue weighted by molar-refractivity contribution is 5.86. The average Bonchev–Trinajstić information content (AvgIpc) is 3.06. The first kappa shape index (κ1) is 18.4. The quantitative estimate of drug-likeness (QED) is 0.888. The lowest BCUT2D eigenvalue weighted by atomic mass is 9.82. The van der Waals surface area contributed by atoms with Crippen molar-refractivity contribution in [3.63, 3.8) is 0 Å². The van der Waals surface area contributed by atoms with Gasteiger partial charge >= 0.3 is 0 Å². The van der Waals surface area contributed by atoms with Crippen LogP contribution < -0.4 is 11.1 Å². The topological polar surface area (TPSA) is 85.8 Å². The predicted molar refractivity (Wildman–Crippen MR) is 95.2 cm³/mol. The summed E-state index contributed by atoms with van der Waals surface area (Å²) >= 11 is 0. The first-order valence-electron chi connectivity index (χ1n) is 8.16. The molecule has 1 aliphatic carbocycles. The van der Waals surface area contributed by atoms with Gasteiger partial charge in [-0.2, -0.15) is 0 Å². The minimum atomic E-state index is -0.734. The molecule has 130 valence electrons. The Hall–Kier alpha value is -1.92. The highest BCUT2D eigenvalue weighted by Crippen LogP contribution is 2.26. The number of carbonyl (C=O) groups is 1. The van der Waals surface area contributed by atoms with Gasteiger partial charge in [-0.25, -0.2) is 4.68 Å². The lowest BCUT2D eigenvalue weighted by Crippen LogP contribution is -2.55. The molecule has 1 unspecified atom stereocenters. The summed E-state index contributed by atoms with van der Waals surface area (Å²) in [5.41, 5.74) is 7.20. The van der Waals surface area contributed by atoms with Crippen molar-refractivity contribution < 1.29 is 4.79 Å². The second-order valence-corrected chi connectivity index (χ2v) is 6.34. The van der Waals surface area contributed by atoms with Crippen LogP contribution >= 0.6 is 12.4 Å². The summed E-state index contributed by atoms with van der Waals surface area (Å²) in [6.45, 7) is 1.91. The van der Waals surface area contributed by atoms with Crippen molar-refractivity contribution >= 4 is 18.3 Å². The zero-order chi connectivity index (χ0) is 16.3.